The van der Waals surface area contributed by atoms with Gasteiger partial charge in [-0.25, -0.2) is 0 Å². The van der Waals surface area contributed by atoms with Crippen molar-refractivity contribution in [2.75, 3.05) is 0 Å². The van der Waals surface area contributed by atoms with E-state index in [0.717, 1.165) is 16.7 Å². The van der Waals surface area contributed by atoms with Crippen molar-refractivity contribution in [3.05, 3.63) is 54.1 Å². The number of hydrogen-bond donors (Lipinski definition) is 0. The number of benzene rings is 1. The monoisotopic (exact) mass is 228 g/mol. The number of allylic oxidation sites excluding steroid dienone is 3. The van der Waals surface area contributed by atoms with Crippen LogP contribution in [0.5, 0.6) is 0 Å². The summed E-state index contributed by atoms with van der Waals surface area (Å²) in [6.07, 6.45) is 1.71. The van der Waals surface area contributed by atoms with Gasteiger partial charge in [0.15, 0.2) is 5.78 Å². The second-order valence-electron chi connectivity index (χ2n) is 4.96. The molecule has 0 N–H and O–H groups in total. The van der Waals surface area contributed by atoms with Crippen LogP contribution >= 0.6 is 0 Å². The summed E-state index contributed by atoms with van der Waals surface area (Å²) in [7, 11) is 0. The highest BCUT2D eigenvalue weighted by atomic mass is 16.1. The molecule has 0 aliphatic heterocycles. The van der Waals surface area contributed by atoms with Gasteiger partial charge in [-0.15, -0.1) is 0 Å². The fraction of sp³-hybridized carbons (Fsp3) is 0.312. The van der Waals surface area contributed by atoms with Crippen LogP contribution in [0.4, 0.5) is 0 Å². The lowest BCUT2D eigenvalue weighted by Gasteiger charge is -2.21. The molecule has 1 nitrogen and oxygen atoms in total. The first kappa shape index (κ1) is 13.4. The molecule has 0 atom stereocenters. The summed E-state index contributed by atoms with van der Waals surface area (Å²) in [4.78, 5) is 12.2. The fourth-order valence-corrected chi connectivity index (χ4v) is 1.37. The zero-order valence-corrected chi connectivity index (χ0v) is 11.1. The molecular formula is C16H20O. The van der Waals surface area contributed by atoms with Crippen molar-refractivity contribution in [3.63, 3.8) is 0 Å². The predicted molar refractivity (Wildman–Crippen MR) is 73.7 cm³/mol. The van der Waals surface area contributed by atoms with Crippen molar-refractivity contribution >= 4 is 11.4 Å². The molecule has 0 aromatic heterocycles. The van der Waals surface area contributed by atoms with E-state index in [2.05, 4.69) is 6.58 Å². The van der Waals surface area contributed by atoms with Crippen LogP contribution in [-0.2, 0) is 4.79 Å². The number of ketones is 1. The molecule has 0 amide bonds. The van der Waals surface area contributed by atoms with Crippen molar-refractivity contribution in [3.8, 4) is 0 Å². The largest absolute Gasteiger partial charge is 0.294 e. The van der Waals surface area contributed by atoms with Crippen LogP contribution in [0, 0.1) is 5.41 Å². The first-order valence-corrected chi connectivity index (χ1v) is 5.80. The highest BCUT2D eigenvalue weighted by molar-refractivity contribution is 6.01. The molecule has 0 heterocycles. The van der Waals surface area contributed by atoms with E-state index in [1.807, 2.05) is 58.0 Å². The topological polar surface area (TPSA) is 17.1 Å². The van der Waals surface area contributed by atoms with Crippen LogP contribution in [0.25, 0.3) is 5.57 Å². The van der Waals surface area contributed by atoms with Gasteiger partial charge in [-0.05, 0) is 44.9 Å². The van der Waals surface area contributed by atoms with Crippen molar-refractivity contribution in [2.24, 2.45) is 5.41 Å². The van der Waals surface area contributed by atoms with Gasteiger partial charge in [-0.3, -0.25) is 4.79 Å². The van der Waals surface area contributed by atoms with Gasteiger partial charge in [-0.1, -0.05) is 42.5 Å². The molecule has 0 saturated heterocycles. The maximum Gasteiger partial charge on any atom is 0.165 e. The summed E-state index contributed by atoms with van der Waals surface area (Å²) < 4.78 is 0. The Kier molecular flexibility index (Phi) is 4.06. The molecule has 0 fully saturated rings. The Morgan fingerprint density at radius 2 is 1.71 bits per heavy atom. The van der Waals surface area contributed by atoms with Crippen LogP contribution in [-0.4, -0.2) is 5.78 Å². The number of hydrogen-bond acceptors (Lipinski definition) is 1. The molecule has 1 aromatic carbocycles. The molecule has 0 aliphatic rings. The van der Waals surface area contributed by atoms with E-state index >= 15 is 0 Å². The van der Waals surface area contributed by atoms with E-state index in [1.165, 1.54) is 0 Å². The average Bonchev–Trinajstić information content (AvgIpc) is 2.29. The molecule has 0 aliphatic carbocycles. The molecule has 0 unspecified atom stereocenters. The summed E-state index contributed by atoms with van der Waals surface area (Å²) in [5, 5.41) is 0. The van der Waals surface area contributed by atoms with E-state index in [4.69, 9.17) is 0 Å². The third kappa shape index (κ3) is 3.16. The van der Waals surface area contributed by atoms with Gasteiger partial charge in [0, 0.05) is 5.41 Å². The Morgan fingerprint density at radius 3 is 2.18 bits per heavy atom. The van der Waals surface area contributed by atoms with Crippen LogP contribution < -0.4 is 0 Å². The molecule has 1 heteroatoms. The fourth-order valence-electron chi connectivity index (χ4n) is 1.37. The summed E-state index contributed by atoms with van der Waals surface area (Å²) in [5.41, 5.74) is 2.47. The molecule has 1 aromatic rings. The second kappa shape index (κ2) is 5.13. The summed E-state index contributed by atoms with van der Waals surface area (Å²) in [5.74, 6) is 0.103. The lowest BCUT2D eigenvalue weighted by atomic mass is 9.81. The summed E-state index contributed by atoms with van der Waals surface area (Å²) in [6, 6.07) is 9.93. The van der Waals surface area contributed by atoms with E-state index in [1.54, 1.807) is 6.08 Å². The van der Waals surface area contributed by atoms with Crippen LogP contribution in [0.2, 0.25) is 0 Å². The molecule has 1 rings (SSSR count). The van der Waals surface area contributed by atoms with E-state index in [0.29, 0.717) is 0 Å². The molecule has 0 bridgehead atoms. The van der Waals surface area contributed by atoms with Crippen molar-refractivity contribution in [1.82, 2.24) is 0 Å². The quantitative estimate of drug-likeness (QED) is 0.556. The van der Waals surface area contributed by atoms with Gasteiger partial charge >= 0.3 is 0 Å². The summed E-state index contributed by atoms with van der Waals surface area (Å²) in [6.45, 7) is 11.5. The number of rotatable bonds is 4. The standard InChI is InChI=1S/C16H20O/c1-12(2)16(4,5)15(17)11-13(3)14-9-7-6-8-10-14/h6-11H,1H2,2-5H3/b13-11+. The zero-order chi connectivity index (χ0) is 13.1. The molecule has 0 spiro atoms. The van der Waals surface area contributed by atoms with Crippen molar-refractivity contribution < 1.29 is 4.79 Å². The Hall–Kier alpha value is -1.63. The summed E-state index contributed by atoms with van der Waals surface area (Å²) >= 11 is 0. The lowest BCUT2D eigenvalue weighted by molar-refractivity contribution is -0.120. The first-order chi connectivity index (χ1) is 7.85. The van der Waals surface area contributed by atoms with Gasteiger partial charge in [0.2, 0.25) is 0 Å². The molecule has 0 radical (unpaired) electrons. The minimum absolute atomic E-state index is 0.103. The second-order valence-corrected chi connectivity index (χ2v) is 4.96. The lowest BCUT2D eigenvalue weighted by Crippen LogP contribution is -2.23. The number of carbonyl (C=O) groups is 1. The van der Waals surface area contributed by atoms with Crippen molar-refractivity contribution in [1.29, 1.82) is 0 Å². The minimum Gasteiger partial charge on any atom is -0.294 e. The molecular weight excluding hydrogens is 208 g/mol. The molecule has 17 heavy (non-hydrogen) atoms. The van der Waals surface area contributed by atoms with Gasteiger partial charge < -0.3 is 0 Å². The Balaban J connectivity index is 2.98. The number of carbonyl (C=O) groups excluding carboxylic acids is 1. The van der Waals surface area contributed by atoms with Gasteiger partial charge in [0.1, 0.15) is 0 Å². The Morgan fingerprint density at radius 1 is 1.18 bits per heavy atom. The van der Waals surface area contributed by atoms with Gasteiger partial charge in [-0.2, -0.15) is 0 Å². The zero-order valence-electron chi connectivity index (χ0n) is 11.1. The van der Waals surface area contributed by atoms with E-state index < -0.39 is 5.41 Å². The Labute approximate surface area is 104 Å². The van der Waals surface area contributed by atoms with E-state index in [9.17, 15) is 4.79 Å². The van der Waals surface area contributed by atoms with Crippen LogP contribution in [0.15, 0.2) is 48.6 Å². The van der Waals surface area contributed by atoms with Crippen molar-refractivity contribution in [2.45, 2.75) is 27.7 Å². The predicted octanol–water partition coefficient (Wildman–Crippen LogP) is 4.26. The van der Waals surface area contributed by atoms with Crippen LogP contribution in [0.3, 0.4) is 0 Å². The van der Waals surface area contributed by atoms with E-state index in [-0.39, 0.29) is 5.78 Å². The first-order valence-electron chi connectivity index (χ1n) is 5.80. The molecule has 0 saturated carbocycles. The Bertz CT molecular complexity index is 450. The smallest absolute Gasteiger partial charge is 0.165 e. The third-order valence-electron chi connectivity index (χ3n) is 3.26. The highest BCUT2D eigenvalue weighted by Gasteiger charge is 2.26. The normalized spacial score (nSPS) is 12.4. The van der Waals surface area contributed by atoms with Gasteiger partial charge in [0.25, 0.3) is 0 Å². The molecule has 90 valence electrons. The SMILES string of the molecule is C=C(C)C(C)(C)C(=O)/C=C(\C)c1ccccc1. The van der Waals surface area contributed by atoms with Crippen LogP contribution in [0.1, 0.15) is 33.3 Å². The average molecular weight is 228 g/mol. The highest BCUT2D eigenvalue weighted by Crippen LogP contribution is 2.27. The minimum atomic E-state index is -0.490. The third-order valence-corrected chi connectivity index (χ3v) is 3.26. The maximum absolute atomic E-state index is 12.2. The maximum atomic E-state index is 12.2. The van der Waals surface area contributed by atoms with Gasteiger partial charge in [0.05, 0.1) is 0 Å².